The first-order chi connectivity index (χ1) is 9.25. The summed E-state index contributed by atoms with van der Waals surface area (Å²) in [4.78, 5) is 13.8. The topological polar surface area (TPSA) is 41.6 Å². The highest BCUT2D eigenvalue weighted by atomic mass is 16.5. The van der Waals surface area contributed by atoms with Crippen molar-refractivity contribution in [2.24, 2.45) is 5.92 Å². The van der Waals surface area contributed by atoms with E-state index in [0.29, 0.717) is 12.5 Å². The summed E-state index contributed by atoms with van der Waals surface area (Å²) in [5.74, 6) is 0.571. The van der Waals surface area contributed by atoms with Gasteiger partial charge in [-0.1, -0.05) is 30.3 Å². The number of ether oxygens (including phenoxy) is 1. The van der Waals surface area contributed by atoms with Gasteiger partial charge in [-0.3, -0.25) is 0 Å². The SMILES string of the molecule is CN(CC1CCOCC1)C(=O)NCc1ccccc1. The van der Waals surface area contributed by atoms with Gasteiger partial charge in [-0.25, -0.2) is 4.79 Å². The van der Waals surface area contributed by atoms with Crippen LogP contribution >= 0.6 is 0 Å². The molecule has 2 amide bonds. The van der Waals surface area contributed by atoms with E-state index in [1.807, 2.05) is 37.4 Å². The molecule has 0 bridgehead atoms. The molecule has 1 aromatic rings. The van der Waals surface area contributed by atoms with E-state index in [2.05, 4.69) is 5.32 Å². The van der Waals surface area contributed by atoms with Crippen LogP contribution in [-0.4, -0.2) is 37.7 Å². The van der Waals surface area contributed by atoms with Crippen molar-refractivity contribution >= 4 is 6.03 Å². The van der Waals surface area contributed by atoms with Crippen LogP contribution in [0.1, 0.15) is 18.4 Å². The average molecular weight is 262 g/mol. The average Bonchev–Trinajstić information content (AvgIpc) is 2.47. The maximum atomic E-state index is 12.0. The number of hydrogen-bond donors (Lipinski definition) is 1. The van der Waals surface area contributed by atoms with Crippen molar-refractivity contribution in [1.82, 2.24) is 10.2 Å². The summed E-state index contributed by atoms with van der Waals surface area (Å²) in [5.41, 5.74) is 1.12. The number of benzene rings is 1. The Hall–Kier alpha value is -1.55. The molecule has 19 heavy (non-hydrogen) atoms. The summed E-state index contributed by atoms with van der Waals surface area (Å²) in [6.45, 7) is 3.04. The Morgan fingerprint density at radius 1 is 1.32 bits per heavy atom. The Labute approximate surface area is 114 Å². The summed E-state index contributed by atoms with van der Waals surface area (Å²) in [7, 11) is 1.86. The highest BCUT2D eigenvalue weighted by Gasteiger charge is 2.18. The number of carbonyl (C=O) groups excluding carboxylic acids is 1. The lowest BCUT2D eigenvalue weighted by Gasteiger charge is -2.27. The van der Waals surface area contributed by atoms with Crippen LogP contribution in [-0.2, 0) is 11.3 Å². The van der Waals surface area contributed by atoms with Gasteiger partial charge in [0.15, 0.2) is 0 Å². The second kappa shape index (κ2) is 7.14. The van der Waals surface area contributed by atoms with E-state index in [1.165, 1.54) is 0 Å². The molecule has 4 nitrogen and oxygen atoms in total. The summed E-state index contributed by atoms with van der Waals surface area (Å²) in [5, 5.41) is 2.94. The Morgan fingerprint density at radius 3 is 2.68 bits per heavy atom. The molecule has 1 aliphatic rings. The molecule has 1 saturated heterocycles. The standard InChI is InChI=1S/C15H22N2O2/c1-17(12-14-7-9-19-10-8-14)15(18)16-11-13-5-3-2-4-6-13/h2-6,14H,7-12H2,1H3,(H,16,18). The van der Waals surface area contributed by atoms with E-state index in [1.54, 1.807) is 4.90 Å². The predicted octanol–water partition coefficient (Wildman–Crippen LogP) is 2.25. The Morgan fingerprint density at radius 2 is 2.00 bits per heavy atom. The molecule has 0 radical (unpaired) electrons. The summed E-state index contributed by atoms with van der Waals surface area (Å²) in [6.07, 6.45) is 2.10. The van der Waals surface area contributed by atoms with Gasteiger partial charge in [0.25, 0.3) is 0 Å². The van der Waals surface area contributed by atoms with Crippen LogP contribution < -0.4 is 5.32 Å². The molecule has 2 rings (SSSR count). The number of rotatable bonds is 4. The third-order valence-electron chi connectivity index (χ3n) is 3.51. The number of carbonyl (C=O) groups is 1. The molecule has 1 aliphatic heterocycles. The number of nitrogens with zero attached hydrogens (tertiary/aromatic N) is 1. The zero-order chi connectivity index (χ0) is 13.5. The minimum Gasteiger partial charge on any atom is -0.381 e. The van der Waals surface area contributed by atoms with Crippen LogP contribution in [0.4, 0.5) is 4.79 Å². The minimum absolute atomic E-state index is 0.00431. The van der Waals surface area contributed by atoms with Crippen LogP contribution in [0, 0.1) is 5.92 Å². The number of hydrogen-bond acceptors (Lipinski definition) is 2. The smallest absolute Gasteiger partial charge is 0.317 e. The second-order valence-electron chi connectivity index (χ2n) is 5.08. The van der Waals surface area contributed by atoms with Gasteiger partial charge in [-0.15, -0.1) is 0 Å². The van der Waals surface area contributed by atoms with Crippen molar-refractivity contribution in [3.63, 3.8) is 0 Å². The largest absolute Gasteiger partial charge is 0.381 e. The zero-order valence-corrected chi connectivity index (χ0v) is 11.5. The number of amides is 2. The molecule has 1 heterocycles. The van der Waals surface area contributed by atoms with Crippen molar-refractivity contribution in [1.29, 1.82) is 0 Å². The molecular formula is C15H22N2O2. The fraction of sp³-hybridized carbons (Fsp3) is 0.533. The summed E-state index contributed by atoms with van der Waals surface area (Å²) < 4.78 is 5.33. The van der Waals surface area contributed by atoms with Crippen LogP contribution in [0.3, 0.4) is 0 Å². The zero-order valence-electron chi connectivity index (χ0n) is 11.5. The van der Waals surface area contributed by atoms with Crippen molar-refractivity contribution in [2.75, 3.05) is 26.8 Å². The second-order valence-corrected chi connectivity index (χ2v) is 5.08. The van der Waals surface area contributed by atoms with Gasteiger partial charge in [0.2, 0.25) is 0 Å². The fourth-order valence-corrected chi connectivity index (χ4v) is 2.31. The molecule has 4 heteroatoms. The van der Waals surface area contributed by atoms with E-state index < -0.39 is 0 Å². The van der Waals surface area contributed by atoms with Crippen LogP contribution in [0.25, 0.3) is 0 Å². The minimum atomic E-state index is -0.00431. The van der Waals surface area contributed by atoms with Gasteiger partial charge in [0.1, 0.15) is 0 Å². The first kappa shape index (κ1) is 13.9. The van der Waals surface area contributed by atoms with Crippen LogP contribution in [0.2, 0.25) is 0 Å². The Kier molecular flexibility index (Phi) is 5.21. The molecule has 1 N–H and O–H groups in total. The van der Waals surface area contributed by atoms with E-state index in [9.17, 15) is 4.79 Å². The third-order valence-corrected chi connectivity index (χ3v) is 3.51. The van der Waals surface area contributed by atoms with Crippen molar-refractivity contribution in [3.8, 4) is 0 Å². The van der Waals surface area contributed by atoms with Crippen molar-refractivity contribution < 1.29 is 9.53 Å². The first-order valence-corrected chi connectivity index (χ1v) is 6.86. The summed E-state index contributed by atoms with van der Waals surface area (Å²) in [6, 6.07) is 9.95. The molecular weight excluding hydrogens is 240 g/mol. The Bertz CT molecular complexity index is 388. The molecule has 0 saturated carbocycles. The molecule has 0 aromatic heterocycles. The molecule has 0 aliphatic carbocycles. The van der Waals surface area contributed by atoms with Crippen LogP contribution in [0.15, 0.2) is 30.3 Å². The fourth-order valence-electron chi connectivity index (χ4n) is 2.31. The maximum absolute atomic E-state index is 12.0. The normalized spacial score (nSPS) is 16.1. The van der Waals surface area contributed by atoms with E-state index in [0.717, 1.165) is 38.2 Å². The van der Waals surface area contributed by atoms with Gasteiger partial charge in [-0.2, -0.15) is 0 Å². The lowest BCUT2D eigenvalue weighted by molar-refractivity contribution is 0.0586. The van der Waals surface area contributed by atoms with Gasteiger partial charge in [0.05, 0.1) is 0 Å². The van der Waals surface area contributed by atoms with Gasteiger partial charge >= 0.3 is 6.03 Å². The highest BCUT2D eigenvalue weighted by Crippen LogP contribution is 2.15. The Balaban J connectivity index is 1.72. The lowest BCUT2D eigenvalue weighted by Crippen LogP contribution is -2.40. The molecule has 0 unspecified atom stereocenters. The molecule has 1 aromatic carbocycles. The maximum Gasteiger partial charge on any atom is 0.317 e. The molecule has 104 valence electrons. The van der Waals surface area contributed by atoms with E-state index in [-0.39, 0.29) is 6.03 Å². The van der Waals surface area contributed by atoms with Gasteiger partial charge in [0, 0.05) is 33.4 Å². The van der Waals surface area contributed by atoms with E-state index in [4.69, 9.17) is 4.74 Å². The quantitative estimate of drug-likeness (QED) is 0.904. The van der Waals surface area contributed by atoms with Crippen molar-refractivity contribution in [2.45, 2.75) is 19.4 Å². The predicted molar refractivity (Wildman–Crippen MR) is 74.9 cm³/mol. The first-order valence-electron chi connectivity index (χ1n) is 6.86. The monoisotopic (exact) mass is 262 g/mol. The summed E-state index contributed by atoms with van der Waals surface area (Å²) >= 11 is 0. The number of nitrogens with one attached hydrogen (secondary N) is 1. The van der Waals surface area contributed by atoms with E-state index >= 15 is 0 Å². The molecule has 0 atom stereocenters. The molecule has 0 spiro atoms. The highest BCUT2D eigenvalue weighted by molar-refractivity contribution is 5.73. The molecule has 1 fully saturated rings. The van der Waals surface area contributed by atoms with Gasteiger partial charge in [-0.05, 0) is 24.3 Å². The van der Waals surface area contributed by atoms with Crippen LogP contribution in [0.5, 0.6) is 0 Å². The third kappa shape index (κ3) is 4.56. The number of urea groups is 1. The van der Waals surface area contributed by atoms with Crippen molar-refractivity contribution in [3.05, 3.63) is 35.9 Å². The lowest BCUT2D eigenvalue weighted by atomic mass is 10.00. The van der Waals surface area contributed by atoms with Gasteiger partial charge < -0.3 is 15.0 Å².